The molecular formula is C24H24N2O4. The number of hydrogen-bond acceptors (Lipinski definition) is 5. The van der Waals surface area contributed by atoms with Gasteiger partial charge < -0.3 is 19.1 Å². The Kier molecular flexibility index (Phi) is 4.89. The van der Waals surface area contributed by atoms with Crippen LogP contribution < -0.4 is 4.74 Å². The molecule has 6 nitrogen and oxygen atoms in total. The molecule has 0 atom stereocenters. The molecule has 3 aromatic rings. The van der Waals surface area contributed by atoms with E-state index < -0.39 is 5.79 Å². The van der Waals surface area contributed by atoms with Gasteiger partial charge in [-0.1, -0.05) is 30.3 Å². The maximum atomic E-state index is 13.5. The average molecular weight is 404 g/mol. The van der Waals surface area contributed by atoms with Crippen LogP contribution in [-0.2, 0) is 9.47 Å². The molecule has 0 unspecified atom stereocenters. The average Bonchev–Trinajstić information content (AvgIpc) is 3.26. The second-order valence-electron chi connectivity index (χ2n) is 7.70. The van der Waals surface area contributed by atoms with Crippen LogP contribution in [0.25, 0.3) is 22.2 Å². The quantitative estimate of drug-likeness (QED) is 0.663. The second kappa shape index (κ2) is 7.70. The van der Waals surface area contributed by atoms with Gasteiger partial charge in [0.2, 0.25) is 0 Å². The van der Waals surface area contributed by atoms with Crippen LogP contribution in [0, 0.1) is 0 Å². The number of hydrogen-bond donors (Lipinski definition) is 0. The number of rotatable bonds is 3. The zero-order chi connectivity index (χ0) is 20.6. The van der Waals surface area contributed by atoms with E-state index in [0.29, 0.717) is 44.7 Å². The van der Waals surface area contributed by atoms with E-state index in [4.69, 9.17) is 19.2 Å². The molecule has 0 saturated carbocycles. The first kappa shape index (κ1) is 19.0. The number of amides is 1. The summed E-state index contributed by atoms with van der Waals surface area (Å²) in [6, 6.07) is 17.4. The predicted molar refractivity (Wildman–Crippen MR) is 114 cm³/mol. The van der Waals surface area contributed by atoms with Gasteiger partial charge in [-0.3, -0.25) is 4.79 Å². The first-order chi connectivity index (χ1) is 14.7. The van der Waals surface area contributed by atoms with Gasteiger partial charge in [0, 0.05) is 36.9 Å². The molecule has 0 aliphatic carbocycles. The van der Waals surface area contributed by atoms with Crippen LogP contribution in [0.15, 0.2) is 54.6 Å². The van der Waals surface area contributed by atoms with Gasteiger partial charge in [0.05, 0.1) is 37.1 Å². The van der Waals surface area contributed by atoms with Crippen molar-refractivity contribution in [3.05, 3.63) is 60.2 Å². The lowest BCUT2D eigenvalue weighted by Gasteiger charge is -2.37. The Morgan fingerprint density at radius 2 is 1.80 bits per heavy atom. The molecule has 5 rings (SSSR count). The maximum absolute atomic E-state index is 13.5. The number of para-hydroxylation sites is 1. The lowest BCUT2D eigenvalue weighted by Crippen LogP contribution is -2.47. The zero-order valence-electron chi connectivity index (χ0n) is 17.0. The molecule has 1 amide bonds. The summed E-state index contributed by atoms with van der Waals surface area (Å²) in [5, 5.41) is 0.864. The highest BCUT2D eigenvalue weighted by Crippen LogP contribution is 2.33. The van der Waals surface area contributed by atoms with Gasteiger partial charge in [0.1, 0.15) is 5.75 Å². The Labute approximate surface area is 175 Å². The summed E-state index contributed by atoms with van der Waals surface area (Å²) in [4.78, 5) is 20.2. The topological polar surface area (TPSA) is 60.9 Å². The van der Waals surface area contributed by atoms with Crippen molar-refractivity contribution < 1.29 is 19.0 Å². The molecule has 2 aliphatic heterocycles. The molecule has 3 heterocycles. The Morgan fingerprint density at radius 3 is 2.57 bits per heavy atom. The molecule has 2 fully saturated rings. The molecule has 0 bridgehead atoms. The van der Waals surface area contributed by atoms with Gasteiger partial charge in [0.15, 0.2) is 5.79 Å². The molecule has 2 aromatic carbocycles. The highest BCUT2D eigenvalue weighted by atomic mass is 16.7. The van der Waals surface area contributed by atoms with Crippen LogP contribution in [0.5, 0.6) is 5.75 Å². The normalized spacial score (nSPS) is 18.1. The summed E-state index contributed by atoms with van der Waals surface area (Å²) < 4.78 is 17.0. The maximum Gasteiger partial charge on any atom is 0.254 e. The highest BCUT2D eigenvalue weighted by molar-refractivity contribution is 6.07. The number of carbonyl (C=O) groups excluding carboxylic acids is 1. The summed E-state index contributed by atoms with van der Waals surface area (Å²) in [6.07, 6.45) is 1.40. The minimum atomic E-state index is -0.497. The molecule has 0 N–H and O–H groups in total. The van der Waals surface area contributed by atoms with Crippen molar-refractivity contribution in [1.29, 1.82) is 0 Å². The summed E-state index contributed by atoms with van der Waals surface area (Å²) in [5.74, 6) is 0.280. The molecule has 0 radical (unpaired) electrons. The minimum absolute atomic E-state index is 0.0191. The lowest BCUT2D eigenvalue weighted by molar-refractivity contribution is -0.181. The fourth-order valence-corrected chi connectivity index (χ4v) is 4.29. The van der Waals surface area contributed by atoms with Gasteiger partial charge in [-0.2, -0.15) is 0 Å². The van der Waals surface area contributed by atoms with E-state index in [-0.39, 0.29) is 5.91 Å². The number of likely N-dealkylation sites (tertiary alicyclic amines) is 1. The van der Waals surface area contributed by atoms with Crippen molar-refractivity contribution in [3.63, 3.8) is 0 Å². The van der Waals surface area contributed by atoms with Crippen LogP contribution in [0.4, 0.5) is 0 Å². The third kappa shape index (κ3) is 3.42. The molecule has 154 valence electrons. The monoisotopic (exact) mass is 404 g/mol. The number of aromatic nitrogens is 1. The number of benzene rings is 2. The molecule has 30 heavy (non-hydrogen) atoms. The minimum Gasteiger partial charge on any atom is -0.497 e. The second-order valence-corrected chi connectivity index (χ2v) is 7.70. The number of nitrogens with zero attached hydrogens (tertiary/aromatic N) is 2. The number of piperidine rings is 1. The number of carbonyl (C=O) groups is 1. The van der Waals surface area contributed by atoms with Crippen LogP contribution in [0.1, 0.15) is 23.2 Å². The third-order valence-electron chi connectivity index (χ3n) is 5.94. The van der Waals surface area contributed by atoms with E-state index in [9.17, 15) is 4.79 Å². The van der Waals surface area contributed by atoms with E-state index in [0.717, 1.165) is 27.9 Å². The summed E-state index contributed by atoms with van der Waals surface area (Å²) in [6.45, 7) is 2.49. The summed E-state index contributed by atoms with van der Waals surface area (Å²) >= 11 is 0. The number of fused-ring (bicyclic) bond motifs is 1. The fourth-order valence-electron chi connectivity index (χ4n) is 4.29. The first-order valence-corrected chi connectivity index (χ1v) is 10.3. The molecule has 1 aromatic heterocycles. The van der Waals surface area contributed by atoms with Crippen molar-refractivity contribution in [2.24, 2.45) is 0 Å². The zero-order valence-corrected chi connectivity index (χ0v) is 17.0. The Balaban J connectivity index is 1.50. The fraction of sp³-hybridized carbons (Fsp3) is 0.333. The summed E-state index contributed by atoms with van der Waals surface area (Å²) in [7, 11) is 1.64. The number of methoxy groups -OCH3 is 1. The van der Waals surface area contributed by atoms with Gasteiger partial charge in [0.25, 0.3) is 5.91 Å². The molecule has 2 saturated heterocycles. The van der Waals surface area contributed by atoms with Crippen molar-refractivity contribution in [2.75, 3.05) is 33.4 Å². The van der Waals surface area contributed by atoms with E-state index in [1.54, 1.807) is 7.11 Å². The van der Waals surface area contributed by atoms with Gasteiger partial charge in [-0.05, 0) is 24.3 Å². The third-order valence-corrected chi connectivity index (χ3v) is 5.94. The van der Waals surface area contributed by atoms with Gasteiger partial charge in [-0.15, -0.1) is 0 Å². The SMILES string of the molecule is COc1cccc(-c2cc(C(=O)N3CCC4(CC3)OCCO4)c3ccccc3n2)c1. The number of pyridine rings is 1. The molecular weight excluding hydrogens is 380 g/mol. The van der Waals surface area contributed by atoms with Crippen molar-refractivity contribution >= 4 is 16.8 Å². The Hall–Kier alpha value is -2.96. The number of ether oxygens (including phenoxy) is 3. The predicted octanol–water partition coefficient (Wildman–Crippen LogP) is 3.89. The van der Waals surface area contributed by atoms with Crippen molar-refractivity contribution in [2.45, 2.75) is 18.6 Å². The van der Waals surface area contributed by atoms with Crippen LogP contribution >= 0.6 is 0 Å². The van der Waals surface area contributed by atoms with Gasteiger partial charge in [-0.25, -0.2) is 4.98 Å². The first-order valence-electron chi connectivity index (χ1n) is 10.3. The summed E-state index contributed by atoms with van der Waals surface area (Å²) in [5.41, 5.74) is 3.14. The smallest absolute Gasteiger partial charge is 0.254 e. The van der Waals surface area contributed by atoms with Crippen LogP contribution in [0.2, 0.25) is 0 Å². The highest BCUT2D eigenvalue weighted by Gasteiger charge is 2.41. The Morgan fingerprint density at radius 1 is 1.03 bits per heavy atom. The van der Waals surface area contributed by atoms with E-state index >= 15 is 0 Å². The Bertz CT molecular complexity index is 1080. The molecule has 6 heteroatoms. The molecule has 1 spiro atoms. The molecule has 2 aliphatic rings. The van der Waals surface area contributed by atoms with Gasteiger partial charge >= 0.3 is 0 Å². The van der Waals surface area contributed by atoms with Crippen molar-refractivity contribution in [1.82, 2.24) is 9.88 Å². The lowest BCUT2D eigenvalue weighted by atomic mass is 10.00. The van der Waals surface area contributed by atoms with E-state index in [1.807, 2.05) is 59.5 Å². The van der Waals surface area contributed by atoms with Crippen LogP contribution in [-0.4, -0.2) is 55.0 Å². The van der Waals surface area contributed by atoms with E-state index in [1.165, 1.54) is 0 Å². The standard InChI is InChI=1S/C24H24N2O4/c1-28-18-6-4-5-17(15-18)22-16-20(19-7-2-3-8-21(19)25-22)23(27)26-11-9-24(10-12-26)29-13-14-30-24/h2-8,15-16H,9-14H2,1H3. The largest absolute Gasteiger partial charge is 0.497 e. The van der Waals surface area contributed by atoms with Crippen LogP contribution in [0.3, 0.4) is 0 Å². The van der Waals surface area contributed by atoms with Crippen molar-refractivity contribution in [3.8, 4) is 17.0 Å². The van der Waals surface area contributed by atoms with E-state index in [2.05, 4.69) is 0 Å².